The van der Waals surface area contributed by atoms with E-state index in [4.69, 9.17) is 16.3 Å². The molecule has 0 radical (unpaired) electrons. The molecule has 164 valence electrons. The minimum atomic E-state index is -0.944. The molecule has 0 spiro atoms. The highest BCUT2D eigenvalue weighted by Crippen LogP contribution is 2.24. The molecular weight excluding hydrogens is 434 g/mol. The van der Waals surface area contributed by atoms with Gasteiger partial charge in [0.1, 0.15) is 6.04 Å². The summed E-state index contributed by atoms with van der Waals surface area (Å²) in [4.78, 5) is 38.2. The molecule has 7 heteroatoms. The lowest BCUT2D eigenvalue weighted by molar-refractivity contribution is -0.148. The molecule has 2 aromatic rings. The predicted octanol–water partition coefficient (Wildman–Crippen LogP) is 4.49. The Morgan fingerprint density at radius 1 is 1.13 bits per heavy atom. The quantitative estimate of drug-likeness (QED) is 0.441. The SMILES string of the molecule is CSCCC(NC(=O)c1ccccc1Cl)C(=O)OC(C)C(=O)c1ccc2c(c1)CCC2. The van der Waals surface area contributed by atoms with Gasteiger partial charge in [-0.1, -0.05) is 35.9 Å². The number of amides is 1. The van der Waals surface area contributed by atoms with Gasteiger partial charge in [-0.25, -0.2) is 4.79 Å². The molecule has 2 aromatic carbocycles. The highest BCUT2D eigenvalue weighted by Gasteiger charge is 2.28. The number of carbonyl (C=O) groups is 3. The summed E-state index contributed by atoms with van der Waals surface area (Å²) in [5.74, 6) is -0.678. The largest absolute Gasteiger partial charge is 0.453 e. The van der Waals surface area contributed by atoms with Crippen LogP contribution < -0.4 is 5.32 Å². The second-order valence-corrected chi connectivity index (χ2v) is 8.96. The Hall–Kier alpha value is -2.31. The fraction of sp³-hybridized carbons (Fsp3) is 0.375. The number of hydrogen-bond donors (Lipinski definition) is 1. The van der Waals surface area contributed by atoms with Crippen LogP contribution in [0.1, 0.15) is 51.6 Å². The number of rotatable bonds is 9. The second-order valence-electron chi connectivity index (χ2n) is 7.57. The maximum Gasteiger partial charge on any atom is 0.329 e. The first kappa shape index (κ1) is 23.4. The third kappa shape index (κ3) is 5.89. The Bertz CT molecular complexity index is 978. The molecule has 1 amide bonds. The van der Waals surface area contributed by atoms with Crippen molar-refractivity contribution in [3.8, 4) is 0 Å². The summed E-state index contributed by atoms with van der Waals surface area (Å²) in [6.07, 6.45) is 4.46. The van der Waals surface area contributed by atoms with Crippen molar-refractivity contribution in [2.24, 2.45) is 0 Å². The van der Waals surface area contributed by atoms with Gasteiger partial charge in [0.05, 0.1) is 10.6 Å². The van der Waals surface area contributed by atoms with Gasteiger partial charge in [-0.05, 0) is 73.9 Å². The minimum absolute atomic E-state index is 0.246. The van der Waals surface area contributed by atoms with Gasteiger partial charge in [-0.15, -0.1) is 0 Å². The van der Waals surface area contributed by atoms with E-state index in [0.29, 0.717) is 22.8 Å². The topological polar surface area (TPSA) is 72.5 Å². The molecule has 0 bridgehead atoms. The van der Waals surface area contributed by atoms with Crippen LogP contribution in [0.3, 0.4) is 0 Å². The summed E-state index contributed by atoms with van der Waals surface area (Å²) in [7, 11) is 0. The summed E-state index contributed by atoms with van der Waals surface area (Å²) in [6, 6.07) is 11.4. The Kier molecular flexibility index (Phi) is 8.15. The standard InChI is InChI=1S/C24H26ClNO4S/c1-15(22(27)18-11-10-16-6-5-7-17(16)14-18)30-24(29)21(12-13-31-2)26-23(28)19-8-3-4-9-20(19)25/h3-4,8-11,14-15,21H,5-7,12-13H2,1-2H3,(H,26,28). The lowest BCUT2D eigenvalue weighted by Crippen LogP contribution is -2.44. The third-order valence-electron chi connectivity index (χ3n) is 5.36. The Balaban J connectivity index is 1.67. The van der Waals surface area contributed by atoms with Crippen molar-refractivity contribution in [1.82, 2.24) is 5.32 Å². The molecule has 0 aromatic heterocycles. The molecule has 1 aliphatic carbocycles. The van der Waals surface area contributed by atoms with E-state index in [0.717, 1.165) is 19.3 Å². The van der Waals surface area contributed by atoms with E-state index in [1.165, 1.54) is 11.1 Å². The first-order valence-electron chi connectivity index (χ1n) is 10.3. The first-order valence-corrected chi connectivity index (χ1v) is 12.1. The molecule has 0 saturated heterocycles. The summed E-state index contributed by atoms with van der Waals surface area (Å²) in [6.45, 7) is 1.56. The van der Waals surface area contributed by atoms with Gasteiger partial charge >= 0.3 is 5.97 Å². The van der Waals surface area contributed by atoms with E-state index >= 15 is 0 Å². The van der Waals surface area contributed by atoms with Crippen LogP contribution in [0.2, 0.25) is 5.02 Å². The minimum Gasteiger partial charge on any atom is -0.453 e. The van der Waals surface area contributed by atoms with Crippen molar-refractivity contribution >= 4 is 41.0 Å². The lowest BCUT2D eigenvalue weighted by Gasteiger charge is -2.20. The number of hydrogen-bond acceptors (Lipinski definition) is 5. The summed E-state index contributed by atoms with van der Waals surface area (Å²) in [5.41, 5.74) is 3.30. The van der Waals surface area contributed by atoms with E-state index in [9.17, 15) is 14.4 Å². The zero-order chi connectivity index (χ0) is 22.4. The highest BCUT2D eigenvalue weighted by atomic mass is 35.5. The monoisotopic (exact) mass is 459 g/mol. The summed E-state index contributed by atoms with van der Waals surface area (Å²) >= 11 is 7.65. The number of ketones is 1. The molecule has 31 heavy (non-hydrogen) atoms. The van der Waals surface area contributed by atoms with E-state index < -0.39 is 24.0 Å². The van der Waals surface area contributed by atoms with Crippen molar-refractivity contribution < 1.29 is 19.1 Å². The molecule has 2 atom stereocenters. The van der Waals surface area contributed by atoms with Gasteiger partial charge < -0.3 is 10.1 Å². The number of carbonyl (C=O) groups excluding carboxylic acids is 3. The van der Waals surface area contributed by atoms with E-state index in [1.54, 1.807) is 49.0 Å². The van der Waals surface area contributed by atoms with Crippen molar-refractivity contribution in [2.75, 3.05) is 12.0 Å². The first-order chi connectivity index (χ1) is 14.9. The molecule has 0 saturated carbocycles. The fourth-order valence-electron chi connectivity index (χ4n) is 3.64. The second kappa shape index (κ2) is 10.8. The number of aryl methyl sites for hydroxylation is 2. The number of esters is 1. The number of benzene rings is 2. The fourth-order valence-corrected chi connectivity index (χ4v) is 4.33. The molecular formula is C24H26ClNO4S. The molecule has 1 N–H and O–H groups in total. The van der Waals surface area contributed by atoms with Crippen LogP contribution in [0.5, 0.6) is 0 Å². The average molecular weight is 460 g/mol. The van der Waals surface area contributed by atoms with E-state index in [1.807, 2.05) is 18.4 Å². The zero-order valence-electron chi connectivity index (χ0n) is 17.7. The van der Waals surface area contributed by atoms with Crippen LogP contribution in [0.15, 0.2) is 42.5 Å². The van der Waals surface area contributed by atoms with Crippen molar-refractivity contribution in [1.29, 1.82) is 0 Å². The molecule has 0 heterocycles. The molecule has 1 aliphatic rings. The van der Waals surface area contributed by atoms with Crippen LogP contribution in [-0.4, -0.2) is 41.8 Å². The Morgan fingerprint density at radius 3 is 2.61 bits per heavy atom. The van der Waals surface area contributed by atoms with Gasteiger partial charge in [0, 0.05) is 5.56 Å². The van der Waals surface area contributed by atoms with Gasteiger partial charge in [0.2, 0.25) is 5.78 Å². The van der Waals surface area contributed by atoms with Gasteiger partial charge in [-0.3, -0.25) is 9.59 Å². The number of thioether (sulfide) groups is 1. The smallest absolute Gasteiger partial charge is 0.329 e. The maximum absolute atomic E-state index is 12.8. The summed E-state index contributed by atoms with van der Waals surface area (Å²) < 4.78 is 5.47. The van der Waals surface area contributed by atoms with Gasteiger partial charge in [0.15, 0.2) is 6.10 Å². The highest BCUT2D eigenvalue weighted by molar-refractivity contribution is 7.98. The predicted molar refractivity (Wildman–Crippen MR) is 124 cm³/mol. The molecule has 0 fully saturated rings. The third-order valence-corrected chi connectivity index (χ3v) is 6.34. The van der Waals surface area contributed by atoms with Crippen LogP contribution in [0.4, 0.5) is 0 Å². The van der Waals surface area contributed by atoms with Crippen LogP contribution in [0, 0.1) is 0 Å². The van der Waals surface area contributed by atoms with Crippen LogP contribution in [-0.2, 0) is 22.4 Å². The van der Waals surface area contributed by atoms with Gasteiger partial charge in [-0.2, -0.15) is 11.8 Å². The lowest BCUT2D eigenvalue weighted by atomic mass is 10.0. The Morgan fingerprint density at radius 2 is 1.87 bits per heavy atom. The van der Waals surface area contributed by atoms with Gasteiger partial charge in [0.25, 0.3) is 5.91 Å². The zero-order valence-corrected chi connectivity index (χ0v) is 19.2. The number of halogens is 1. The summed E-state index contributed by atoms with van der Waals surface area (Å²) in [5, 5.41) is 3.01. The maximum atomic E-state index is 12.8. The normalized spacial score (nSPS) is 14.4. The number of Topliss-reactive ketones (excluding diaryl/α,β-unsaturated/α-hetero) is 1. The van der Waals surface area contributed by atoms with E-state index in [2.05, 4.69) is 5.32 Å². The average Bonchev–Trinajstić information content (AvgIpc) is 3.24. The molecule has 3 rings (SSSR count). The van der Waals surface area contributed by atoms with Crippen molar-refractivity contribution in [3.05, 3.63) is 69.7 Å². The van der Waals surface area contributed by atoms with E-state index in [-0.39, 0.29) is 11.3 Å². The number of fused-ring (bicyclic) bond motifs is 1. The Labute approximate surface area is 191 Å². The van der Waals surface area contributed by atoms with Crippen molar-refractivity contribution in [2.45, 2.75) is 44.8 Å². The molecule has 5 nitrogen and oxygen atoms in total. The van der Waals surface area contributed by atoms with Crippen LogP contribution >= 0.6 is 23.4 Å². The van der Waals surface area contributed by atoms with Crippen LogP contribution in [0.25, 0.3) is 0 Å². The molecule has 0 aliphatic heterocycles. The molecule has 2 unspecified atom stereocenters. The van der Waals surface area contributed by atoms with Crippen molar-refractivity contribution in [3.63, 3.8) is 0 Å². The number of ether oxygens (including phenoxy) is 1. The number of nitrogens with one attached hydrogen (secondary N) is 1.